The molecule has 1 N–H and O–H groups in total. The van der Waals surface area contributed by atoms with E-state index in [9.17, 15) is 10.1 Å². The number of halogens is 2. The molecule has 4 nitrogen and oxygen atoms in total. The fourth-order valence-corrected chi connectivity index (χ4v) is 3.08. The molecule has 0 saturated carbocycles. The molecule has 0 aliphatic carbocycles. The van der Waals surface area contributed by atoms with E-state index in [-0.39, 0.29) is 17.5 Å². The normalized spacial score (nSPS) is 11.2. The first-order valence-electron chi connectivity index (χ1n) is 7.98. The van der Waals surface area contributed by atoms with Gasteiger partial charge in [0.2, 0.25) is 0 Å². The van der Waals surface area contributed by atoms with E-state index in [0.29, 0.717) is 6.61 Å². The zero-order valence-electron chi connectivity index (χ0n) is 14.4. The second kappa shape index (κ2) is 9.74. The lowest BCUT2D eigenvalue weighted by Gasteiger charge is -2.10. The van der Waals surface area contributed by atoms with Crippen molar-refractivity contribution < 1.29 is 9.53 Å². The van der Waals surface area contributed by atoms with Crippen LogP contribution in [0.3, 0.4) is 0 Å². The second-order valence-electron chi connectivity index (χ2n) is 5.90. The van der Waals surface area contributed by atoms with Crippen LogP contribution in [0.4, 0.5) is 0 Å². The molecule has 0 aliphatic heterocycles. The van der Waals surface area contributed by atoms with Crippen LogP contribution in [0.15, 0.2) is 52.5 Å². The van der Waals surface area contributed by atoms with Crippen LogP contribution in [0.25, 0.3) is 6.08 Å². The fraction of sp³-hybridized carbons (Fsp3) is 0.200. The van der Waals surface area contributed by atoms with Gasteiger partial charge in [0.1, 0.15) is 24.0 Å². The topological polar surface area (TPSA) is 62.1 Å². The molecule has 0 spiro atoms. The van der Waals surface area contributed by atoms with Gasteiger partial charge in [-0.2, -0.15) is 5.26 Å². The molecule has 0 fully saturated rings. The summed E-state index contributed by atoms with van der Waals surface area (Å²) in [6, 6.07) is 15.5. The first kappa shape index (κ1) is 20.5. The van der Waals surface area contributed by atoms with E-state index in [2.05, 4.69) is 43.8 Å². The predicted molar refractivity (Wildman–Crippen MR) is 115 cm³/mol. The predicted octanol–water partition coefficient (Wildman–Crippen LogP) is 5.06. The molecule has 0 aliphatic rings. The summed E-state index contributed by atoms with van der Waals surface area (Å²) in [5, 5.41) is 11.9. The molecule has 0 aromatic heterocycles. The highest BCUT2D eigenvalue weighted by Gasteiger charge is 2.11. The number of nitriles is 1. The van der Waals surface area contributed by atoms with Gasteiger partial charge >= 0.3 is 0 Å². The van der Waals surface area contributed by atoms with Gasteiger partial charge in [0.05, 0.1) is 3.57 Å². The Labute approximate surface area is 175 Å². The van der Waals surface area contributed by atoms with Gasteiger partial charge in [-0.3, -0.25) is 4.79 Å². The van der Waals surface area contributed by atoms with Gasteiger partial charge in [0.15, 0.2) is 0 Å². The molecule has 1 amide bonds. The lowest BCUT2D eigenvalue weighted by atomic mass is 10.1. The first-order valence-corrected chi connectivity index (χ1v) is 9.85. The van der Waals surface area contributed by atoms with Crippen LogP contribution in [0, 0.1) is 14.9 Å². The summed E-state index contributed by atoms with van der Waals surface area (Å²) in [4.78, 5) is 12.0. The van der Waals surface area contributed by atoms with Crippen LogP contribution in [0.2, 0.25) is 0 Å². The number of nitrogens with one attached hydrogen (secondary N) is 1. The molecule has 0 saturated heterocycles. The average molecular weight is 525 g/mol. The Morgan fingerprint density at radius 2 is 2.00 bits per heavy atom. The summed E-state index contributed by atoms with van der Waals surface area (Å²) >= 11 is 5.60. The summed E-state index contributed by atoms with van der Waals surface area (Å²) in [5.74, 6) is 0.392. The number of hydrogen-bond acceptors (Lipinski definition) is 3. The number of hydrogen-bond donors (Lipinski definition) is 1. The molecule has 2 aromatic carbocycles. The molecule has 6 heteroatoms. The van der Waals surface area contributed by atoms with Gasteiger partial charge in [0, 0.05) is 10.5 Å². The first-order chi connectivity index (χ1) is 12.4. The third-order valence-electron chi connectivity index (χ3n) is 3.36. The van der Waals surface area contributed by atoms with Crippen molar-refractivity contribution in [3.05, 3.63) is 67.2 Å². The number of ether oxygens (including phenoxy) is 1. The van der Waals surface area contributed by atoms with Gasteiger partial charge in [-0.05, 0) is 77.9 Å². The third kappa shape index (κ3) is 6.15. The highest BCUT2D eigenvalue weighted by molar-refractivity contribution is 14.1. The minimum Gasteiger partial charge on any atom is -0.488 e. The van der Waals surface area contributed by atoms with E-state index in [4.69, 9.17) is 4.74 Å². The van der Waals surface area contributed by atoms with Gasteiger partial charge in [-0.1, -0.05) is 34.1 Å². The number of nitrogens with zero attached hydrogens (tertiary/aromatic N) is 1. The lowest BCUT2D eigenvalue weighted by Crippen LogP contribution is -2.30. The van der Waals surface area contributed by atoms with E-state index in [1.807, 2.05) is 62.4 Å². The Bertz CT molecular complexity index is 855. The van der Waals surface area contributed by atoms with Crippen molar-refractivity contribution in [3.8, 4) is 11.8 Å². The van der Waals surface area contributed by atoms with Crippen molar-refractivity contribution in [2.45, 2.75) is 26.5 Å². The third-order valence-corrected chi connectivity index (χ3v) is 4.73. The van der Waals surface area contributed by atoms with E-state index in [1.54, 1.807) is 6.08 Å². The molecular formula is C20H18BrIN2O2. The van der Waals surface area contributed by atoms with Crippen LogP contribution in [0.5, 0.6) is 5.75 Å². The van der Waals surface area contributed by atoms with Crippen molar-refractivity contribution >= 4 is 50.5 Å². The highest BCUT2D eigenvalue weighted by atomic mass is 127. The molecule has 134 valence electrons. The summed E-state index contributed by atoms with van der Waals surface area (Å²) in [6.45, 7) is 4.18. The number of rotatable bonds is 6. The van der Waals surface area contributed by atoms with Crippen LogP contribution in [0.1, 0.15) is 25.0 Å². The Kier molecular flexibility index (Phi) is 7.66. The van der Waals surface area contributed by atoms with Crippen LogP contribution >= 0.6 is 38.5 Å². The van der Waals surface area contributed by atoms with Crippen molar-refractivity contribution in [2.24, 2.45) is 0 Å². The van der Waals surface area contributed by atoms with E-state index < -0.39 is 0 Å². The molecule has 0 bridgehead atoms. The maximum Gasteiger partial charge on any atom is 0.262 e. The molecular weight excluding hydrogens is 507 g/mol. The highest BCUT2D eigenvalue weighted by Crippen LogP contribution is 2.24. The monoisotopic (exact) mass is 524 g/mol. The van der Waals surface area contributed by atoms with E-state index >= 15 is 0 Å². The molecule has 2 aromatic rings. The van der Waals surface area contributed by atoms with Gasteiger partial charge in [-0.15, -0.1) is 0 Å². The largest absolute Gasteiger partial charge is 0.488 e. The lowest BCUT2D eigenvalue weighted by molar-refractivity contribution is -0.117. The van der Waals surface area contributed by atoms with Gasteiger partial charge in [0.25, 0.3) is 5.91 Å². The van der Waals surface area contributed by atoms with Gasteiger partial charge in [-0.25, -0.2) is 0 Å². The molecule has 0 atom stereocenters. The number of carbonyl (C=O) groups excluding carboxylic acids is 1. The SMILES string of the molecule is CC(C)NC(=O)/C(C#N)=C/c1ccc(OCc2ccc(Br)cc2)c(I)c1. The maximum atomic E-state index is 12.0. The summed E-state index contributed by atoms with van der Waals surface area (Å²) in [5.41, 5.74) is 1.93. The Morgan fingerprint density at radius 1 is 1.31 bits per heavy atom. The van der Waals surface area contributed by atoms with Crippen molar-refractivity contribution in [3.63, 3.8) is 0 Å². The molecule has 0 unspecified atom stereocenters. The van der Waals surface area contributed by atoms with E-state index in [1.165, 1.54) is 0 Å². The summed E-state index contributed by atoms with van der Waals surface area (Å²) < 4.78 is 7.80. The Balaban J connectivity index is 2.10. The smallest absolute Gasteiger partial charge is 0.262 e. The number of carbonyl (C=O) groups is 1. The van der Waals surface area contributed by atoms with Gasteiger partial charge < -0.3 is 10.1 Å². The van der Waals surface area contributed by atoms with Crippen LogP contribution < -0.4 is 10.1 Å². The molecule has 0 heterocycles. The minimum absolute atomic E-state index is 0.0197. The molecule has 26 heavy (non-hydrogen) atoms. The zero-order valence-corrected chi connectivity index (χ0v) is 18.2. The van der Waals surface area contributed by atoms with Crippen LogP contribution in [-0.2, 0) is 11.4 Å². The maximum absolute atomic E-state index is 12.0. The number of benzene rings is 2. The molecule has 0 radical (unpaired) electrons. The van der Waals surface area contributed by atoms with Crippen molar-refractivity contribution in [1.29, 1.82) is 5.26 Å². The summed E-state index contributed by atoms with van der Waals surface area (Å²) in [6.07, 6.45) is 1.58. The Hall–Kier alpha value is -1.85. The van der Waals surface area contributed by atoms with Crippen LogP contribution in [-0.4, -0.2) is 11.9 Å². The molecule has 2 rings (SSSR count). The van der Waals surface area contributed by atoms with Crippen molar-refractivity contribution in [1.82, 2.24) is 5.32 Å². The average Bonchev–Trinajstić information content (AvgIpc) is 2.59. The van der Waals surface area contributed by atoms with Crippen molar-refractivity contribution in [2.75, 3.05) is 0 Å². The standard InChI is InChI=1S/C20H18BrIN2O2/c1-13(2)24-20(25)16(11-23)9-15-5-8-19(18(22)10-15)26-12-14-3-6-17(21)7-4-14/h3-10,13H,12H2,1-2H3,(H,24,25)/b16-9+. The fourth-order valence-electron chi connectivity index (χ4n) is 2.12. The second-order valence-corrected chi connectivity index (χ2v) is 7.98. The Morgan fingerprint density at radius 3 is 2.58 bits per heavy atom. The number of amides is 1. The quantitative estimate of drug-likeness (QED) is 0.326. The summed E-state index contributed by atoms with van der Waals surface area (Å²) in [7, 11) is 0. The zero-order chi connectivity index (χ0) is 19.1. The minimum atomic E-state index is -0.368. The van der Waals surface area contributed by atoms with E-state index in [0.717, 1.165) is 24.9 Å².